The van der Waals surface area contributed by atoms with E-state index in [9.17, 15) is 0 Å². The maximum absolute atomic E-state index is 6.77. The Kier molecular flexibility index (Phi) is 4.11. The van der Waals surface area contributed by atoms with E-state index in [4.69, 9.17) is 11.6 Å². The lowest BCUT2D eigenvalue weighted by Crippen LogP contribution is -2.10. The quantitative estimate of drug-likeness (QED) is 0.609. The summed E-state index contributed by atoms with van der Waals surface area (Å²) in [6, 6.07) is 8.66. The molecule has 0 radical (unpaired) electrons. The molecule has 106 valence electrons. The van der Waals surface area contributed by atoms with Gasteiger partial charge in [-0.05, 0) is 42.7 Å². The number of aromatic nitrogens is 2. The molecular formula is C17H21ClN2. The van der Waals surface area contributed by atoms with Crippen molar-refractivity contribution in [2.75, 3.05) is 0 Å². The minimum absolute atomic E-state index is 0.147. The van der Waals surface area contributed by atoms with Gasteiger partial charge < -0.3 is 4.57 Å². The Morgan fingerprint density at radius 3 is 3.00 bits per heavy atom. The zero-order valence-electron chi connectivity index (χ0n) is 11.9. The van der Waals surface area contributed by atoms with Gasteiger partial charge in [0.1, 0.15) is 5.82 Å². The molecule has 0 fully saturated rings. The minimum atomic E-state index is 0.147. The molecule has 1 heterocycles. The highest BCUT2D eigenvalue weighted by Crippen LogP contribution is 2.39. The molecule has 0 saturated heterocycles. The number of hydrogen-bond donors (Lipinski definition) is 0. The summed E-state index contributed by atoms with van der Waals surface area (Å²) in [6.07, 6.45) is 9.63. The Bertz CT molecular complexity index is 576. The molecule has 2 nitrogen and oxygen atoms in total. The average molecular weight is 289 g/mol. The molecule has 20 heavy (non-hydrogen) atoms. The van der Waals surface area contributed by atoms with Gasteiger partial charge in [0.05, 0.1) is 5.38 Å². The lowest BCUT2D eigenvalue weighted by atomic mass is 9.92. The van der Waals surface area contributed by atoms with Crippen molar-refractivity contribution in [3.63, 3.8) is 0 Å². The fourth-order valence-electron chi connectivity index (χ4n) is 3.23. The van der Waals surface area contributed by atoms with Crippen LogP contribution in [-0.4, -0.2) is 9.55 Å². The third-order valence-corrected chi connectivity index (χ3v) is 5.04. The molecule has 0 saturated carbocycles. The van der Waals surface area contributed by atoms with E-state index in [0.717, 1.165) is 25.1 Å². The van der Waals surface area contributed by atoms with Crippen LogP contribution in [0.25, 0.3) is 0 Å². The van der Waals surface area contributed by atoms with Crippen LogP contribution in [0.15, 0.2) is 36.7 Å². The first-order valence-electron chi connectivity index (χ1n) is 7.44. The zero-order chi connectivity index (χ0) is 13.9. The van der Waals surface area contributed by atoms with Crippen molar-refractivity contribution in [2.45, 2.75) is 37.5 Å². The Morgan fingerprint density at radius 2 is 2.20 bits per heavy atom. The SMILES string of the molecule is Cn1ccnc1CCC1CCCc2ccccc2C1Cl. The van der Waals surface area contributed by atoms with E-state index >= 15 is 0 Å². The zero-order valence-corrected chi connectivity index (χ0v) is 12.7. The Hall–Kier alpha value is -1.28. The number of rotatable bonds is 3. The van der Waals surface area contributed by atoms with Crippen LogP contribution in [0.4, 0.5) is 0 Å². The largest absolute Gasteiger partial charge is 0.338 e. The predicted molar refractivity (Wildman–Crippen MR) is 83.0 cm³/mol. The maximum atomic E-state index is 6.77. The average Bonchev–Trinajstić information content (AvgIpc) is 2.80. The van der Waals surface area contributed by atoms with Gasteiger partial charge in [0.25, 0.3) is 0 Å². The van der Waals surface area contributed by atoms with E-state index in [2.05, 4.69) is 40.9 Å². The highest BCUT2D eigenvalue weighted by molar-refractivity contribution is 6.21. The summed E-state index contributed by atoms with van der Waals surface area (Å²) < 4.78 is 2.11. The second kappa shape index (κ2) is 6.01. The van der Waals surface area contributed by atoms with Gasteiger partial charge in [-0.25, -0.2) is 4.98 Å². The number of alkyl halides is 1. The number of fused-ring (bicyclic) bond motifs is 1. The van der Waals surface area contributed by atoms with Crippen LogP contribution >= 0.6 is 11.6 Å². The fourth-order valence-corrected chi connectivity index (χ4v) is 3.69. The topological polar surface area (TPSA) is 17.8 Å². The van der Waals surface area contributed by atoms with Crippen molar-refractivity contribution in [3.8, 4) is 0 Å². The van der Waals surface area contributed by atoms with Crippen molar-refractivity contribution in [3.05, 3.63) is 53.6 Å². The smallest absolute Gasteiger partial charge is 0.108 e. The van der Waals surface area contributed by atoms with Crippen LogP contribution in [0.2, 0.25) is 0 Å². The summed E-state index contributed by atoms with van der Waals surface area (Å²) in [7, 11) is 2.06. The highest BCUT2D eigenvalue weighted by Gasteiger charge is 2.25. The molecule has 1 aliphatic rings. The van der Waals surface area contributed by atoms with Crippen LogP contribution in [0.5, 0.6) is 0 Å². The third-order valence-electron chi connectivity index (χ3n) is 4.45. The fraction of sp³-hybridized carbons (Fsp3) is 0.471. The molecule has 2 atom stereocenters. The van der Waals surface area contributed by atoms with Crippen molar-refractivity contribution in [2.24, 2.45) is 13.0 Å². The van der Waals surface area contributed by atoms with Gasteiger partial charge in [-0.15, -0.1) is 11.6 Å². The molecule has 3 heteroatoms. The molecule has 2 unspecified atom stereocenters. The molecule has 0 N–H and O–H groups in total. The van der Waals surface area contributed by atoms with Crippen LogP contribution < -0.4 is 0 Å². The van der Waals surface area contributed by atoms with Crippen LogP contribution in [0, 0.1) is 5.92 Å². The van der Waals surface area contributed by atoms with E-state index in [1.807, 2.05) is 12.4 Å². The van der Waals surface area contributed by atoms with Crippen molar-refractivity contribution < 1.29 is 0 Å². The van der Waals surface area contributed by atoms with Crippen LogP contribution in [0.1, 0.15) is 41.6 Å². The number of halogens is 1. The molecule has 3 rings (SSSR count). The molecule has 0 aliphatic heterocycles. The summed E-state index contributed by atoms with van der Waals surface area (Å²) in [5.74, 6) is 1.71. The van der Waals surface area contributed by atoms with Crippen LogP contribution in [0.3, 0.4) is 0 Å². The molecule has 0 spiro atoms. The molecule has 0 bridgehead atoms. The second-order valence-electron chi connectivity index (χ2n) is 5.75. The van der Waals surface area contributed by atoms with E-state index in [1.54, 1.807) is 0 Å². The lowest BCUT2D eigenvalue weighted by Gasteiger charge is -2.21. The summed E-state index contributed by atoms with van der Waals surface area (Å²) >= 11 is 6.77. The van der Waals surface area contributed by atoms with Gasteiger partial charge in [-0.2, -0.15) is 0 Å². The van der Waals surface area contributed by atoms with E-state index in [1.165, 1.54) is 24.0 Å². The van der Waals surface area contributed by atoms with Gasteiger partial charge >= 0.3 is 0 Å². The Labute approximate surface area is 125 Å². The normalized spacial score (nSPS) is 22.3. The molecular weight excluding hydrogens is 268 g/mol. The monoisotopic (exact) mass is 288 g/mol. The number of nitrogens with zero attached hydrogens (tertiary/aromatic N) is 2. The van der Waals surface area contributed by atoms with Gasteiger partial charge in [-0.3, -0.25) is 0 Å². The highest BCUT2D eigenvalue weighted by atomic mass is 35.5. The minimum Gasteiger partial charge on any atom is -0.338 e. The van der Waals surface area contributed by atoms with E-state index < -0.39 is 0 Å². The molecule has 1 aromatic heterocycles. The number of benzene rings is 1. The van der Waals surface area contributed by atoms with E-state index in [-0.39, 0.29) is 5.38 Å². The van der Waals surface area contributed by atoms with Crippen LogP contribution in [-0.2, 0) is 19.9 Å². The second-order valence-corrected chi connectivity index (χ2v) is 6.22. The molecule has 1 aromatic carbocycles. The van der Waals surface area contributed by atoms with Gasteiger partial charge in [0.15, 0.2) is 0 Å². The van der Waals surface area contributed by atoms with Gasteiger partial charge in [-0.1, -0.05) is 24.3 Å². The number of aryl methyl sites for hydroxylation is 3. The molecule has 2 aromatic rings. The molecule has 0 amide bonds. The maximum Gasteiger partial charge on any atom is 0.108 e. The predicted octanol–water partition coefficient (Wildman–Crippen LogP) is 4.29. The first kappa shape index (κ1) is 13.7. The first-order valence-corrected chi connectivity index (χ1v) is 7.87. The van der Waals surface area contributed by atoms with Crippen molar-refractivity contribution in [1.82, 2.24) is 9.55 Å². The lowest BCUT2D eigenvalue weighted by molar-refractivity contribution is 0.429. The standard InChI is InChI=1S/C17H21ClN2/c1-20-12-11-19-16(20)10-9-14-7-4-6-13-5-2-3-8-15(13)17(14)18/h2-3,5,8,11-12,14,17H,4,6-7,9-10H2,1H3. The Balaban J connectivity index is 1.73. The molecule has 1 aliphatic carbocycles. The van der Waals surface area contributed by atoms with E-state index in [0.29, 0.717) is 5.92 Å². The summed E-state index contributed by atoms with van der Waals surface area (Å²) in [5, 5.41) is 0.147. The first-order chi connectivity index (χ1) is 9.75. The van der Waals surface area contributed by atoms with Gasteiger partial charge in [0, 0.05) is 25.9 Å². The summed E-state index contributed by atoms with van der Waals surface area (Å²) in [5.41, 5.74) is 2.78. The number of imidazole rings is 1. The Morgan fingerprint density at radius 1 is 1.35 bits per heavy atom. The van der Waals surface area contributed by atoms with Gasteiger partial charge in [0.2, 0.25) is 0 Å². The third kappa shape index (κ3) is 2.76. The van der Waals surface area contributed by atoms with Crippen molar-refractivity contribution >= 4 is 11.6 Å². The summed E-state index contributed by atoms with van der Waals surface area (Å²) in [4.78, 5) is 4.41. The summed E-state index contributed by atoms with van der Waals surface area (Å²) in [6.45, 7) is 0. The van der Waals surface area contributed by atoms with Crippen molar-refractivity contribution in [1.29, 1.82) is 0 Å². The number of hydrogen-bond acceptors (Lipinski definition) is 1.